The molecular formula is C15H24N6. The molecule has 0 atom stereocenters. The summed E-state index contributed by atoms with van der Waals surface area (Å²) in [6, 6.07) is 4.12. The first-order chi connectivity index (χ1) is 10.1. The first kappa shape index (κ1) is 14.2. The Hall–Kier alpha value is -1.79. The van der Waals surface area contributed by atoms with Crippen molar-refractivity contribution in [3.8, 4) is 0 Å². The lowest BCUT2D eigenvalue weighted by Crippen LogP contribution is -2.48. The predicted octanol–water partition coefficient (Wildman–Crippen LogP) is 0.829. The fraction of sp³-hybridized carbons (Fsp3) is 0.533. The van der Waals surface area contributed by atoms with Gasteiger partial charge in [-0.25, -0.2) is 0 Å². The number of nitrogens with one attached hydrogen (secondary N) is 1. The van der Waals surface area contributed by atoms with Crippen LogP contribution in [-0.4, -0.2) is 73.4 Å². The fourth-order valence-corrected chi connectivity index (χ4v) is 2.83. The summed E-state index contributed by atoms with van der Waals surface area (Å²) in [5.74, 6) is 0. The summed E-state index contributed by atoms with van der Waals surface area (Å²) in [4.78, 5) is 7.12. The standard InChI is InChI=1S/C15H24N6/c1-19(2)3-4-20-5-7-21(8-6-20)15-10-14-12(9-13(15)16)11-17-18-14/h9-11H,3-8,16H2,1-2H3,(H,17,18). The molecule has 3 N–H and O–H groups in total. The zero-order valence-electron chi connectivity index (χ0n) is 12.8. The van der Waals surface area contributed by atoms with Gasteiger partial charge in [-0.15, -0.1) is 0 Å². The first-order valence-electron chi connectivity index (χ1n) is 7.48. The molecule has 0 saturated carbocycles. The number of nitrogen functional groups attached to an aromatic ring is 1. The molecule has 114 valence electrons. The minimum atomic E-state index is 0.839. The number of anilines is 2. The van der Waals surface area contributed by atoms with Gasteiger partial charge >= 0.3 is 0 Å². The Morgan fingerprint density at radius 3 is 2.71 bits per heavy atom. The van der Waals surface area contributed by atoms with Crippen LogP contribution in [0.4, 0.5) is 11.4 Å². The second-order valence-corrected chi connectivity index (χ2v) is 6.00. The van der Waals surface area contributed by atoms with E-state index in [1.807, 2.05) is 12.3 Å². The van der Waals surface area contributed by atoms with Crippen LogP contribution in [0.2, 0.25) is 0 Å². The summed E-state index contributed by atoms with van der Waals surface area (Å²) in [5.41, 5.74) is 9.22. The van der Waals surface area contributed by atoms with Crippen LogP contribution in [0.3, 0.4) is 0 Å². The second kappa shape index (κ2) is 5.91. The molecule has 0 spiro atoms. The summed E-state index contributed by atoms with van der Waals surface area (Å²) < 4.78 is 0. The zero-order chi connectivity index (χ0) is 14.8. The van der Waals surface area contributed by atoms with Gasteiger partial charge in [-0.05, 0) is 26.2 Å². The maximum atomic E-state index is 6.21. The number of aromatic nitrogens is 2. The van der Waals surface area contributed by atoms with Crippen LogP contribution in [0.5, 0.6) is 0 Å². The Kier molecular flexibility index (Phi) is 3.98. The average Bonchev–Trinajstić information content (AvgIpc) is 2.92. The number of aromatic amines is 1. The Morgan fingerprint density at radius 1 is 1.24 bits per heavy atom. The SMILES string of the molecule is CN(C)CCN1CCN(c2cc3[nH]ncc3cc2N)CC1. The van der Waals surface area contributed by atoms with Crippen molar-refractivity contribution < 1.29 is 0 Å². The van der Waals surface area contributed by atoms with E-state index >= 15 is 0 Å². The lowest BCUT2D eigenvalue weighted by Gasteiger charge is -2.37. The van der Waals surface area contributed by atoms with Gasteiger partial charge in [0.15, 0.2) is 0 Å². The van der Waals surface area contributed by atoms with Crippen LogP contribution in [0.1, 0.15) is 0 Å². The van der Waals surface area contributed by atoms with Crippen molar-refractivity contribution in [2.75, 3.05) is 64.0 Å². The van der Waals surface area contributed by atoms with E-state index in [-0.39, 0.29) is 0 Å². The molecule has 1 aromatic heterocycles. The minimum Gasteiger partial charge on any atom is -0.397 e. The van der Waals surface area contributed by atoms with Crippen LogP contribution < -0.4 is 10.6 Å². The third-order valence-corrected chi connectivity index (χ3v) is 4.16. The van der Waals surface area contributed by atoms with Crippen molar-refractivity contribution in [2.45, 2.75) is 0 Å². The fourth-order valence-electron chi connectivity index (χ4n) is 2.83. The lowest BCUT2D eigenvalue weighted by molar-refractivity contribution is 0.229. The third kappa shape index (κ3) is 3.11. The molecule has 2 heterocycles. The Bertz CT molecular complexity index is 597. The van der Waals surface area contributed by atoms with E-state index in [0.717, 1.165) is 61.5 Å². The van der Waals surface area contributed by atoms with Gasteiger partial charge < -0.3 is 15.5 Å². The second-order valence-electron chi connectivity index (χ2n) is 6.00. The van der Waals surface area contributed by atoms with Gasteiger partial charge in [-0.2, -0.15) is 5.10 Å². The Labute approximate surface area is 125 Å². The van der Waals surface area contributed by atoms with Gasteiger partial charge in [-0.1, -0.05) is 0 Å². The molecule has 1 fully saturated rings. The summed E-state index contributed by atoms with van der Waals surface area (Å²) in [7, 11) is 4.24. The van der Waals surface area contributed by atoms with Gasteiger partial charge in [0.2, 0.25) is 0 Å². The number of likely N-dealkylation sites (N-methyl/N-ethyl adjacent to an activating group) is 1. The van der Waals surface area contributed by atoms with Crippen LogP contribution in [0.25, 0.3) is 10.9 Å². The van der Waals surface area contributed by atoms with E-state index in [9.17, 15) is 0 Å². The molecule has 3 rings (SSSR count). The van der Waals surface area contributed by atoms with Crippen molar-refractivity contribution >= 4 is 22.3 Å². The highest BCUT2D eigenvalue weighted by atomic mass is 15.3. The molecule has 1 saturated heterocycles. The number of nitrogens with two attached hydrogens (primary N) is 1. The van der Waals surface area contributed by atoms with Crippen molar-refractivity contribution in [2.24, 2.45) is 0 Å². The van der Waals surface area contributed by atoms with Gasteiger partial charge in [0.1, 0.15) is 0 Å². The molecule has 1 aliphatic rings. The molecule has 1 aliphatic heterocycles. The third-order valence-electron chi connectivity index (χ3n) is 4.16. The van der Waals surface area contributed by atoms with Crippen molar-refractivity contribution in [1.29, 1.82) is 0 Å². The smallest absolute Gasteiger partial charge is 0.0672 e. The molecular weight excluding hydrogens is 264 g/mol. The summed E-state index contributed by atoms with van der Waals surface area (Å²) >= 11 is 0. The molecule has 0 bridgehead atoms. The van der Waals surface area contributed by atoms with Crippen molar-refractivity contribution in [1.82, 2.24) is 20.0 Å². The van der Waals surface area contributed by atoms with E-state index in [1.165, 1.54) is 0 Å². The van der Waals surface area contributed by atoms with E-state index in [2.05, 4.69) is 45.1 Å². The molecule has 0 aliphatic carbocycles. The number of H-pyrrole nitrogens is 1. The molecule has 2 aromatic rings. The first-order valence-corrected chi connectivity index (χ1v) is 7.48. The van der Waals surface area contributed by atoms with E-state index in [4.69, 9.17) is 5.73 Å². The van der Waals surface area contributed by atoms with E-state index < -0.39 is 0 Å². The zero-order valence-corrected chi connectivity index (χ0v) is 12.8. The summed E-state index contributed by atoms with van der Waals surface area (Å²) in [6.07, 6.45) is 1.81. The monoisotopic (exact) mass is 288 g/mol. The molecule has 6 nitrogen and oxygen atoms in total. The number of hydrogen-bond acceptors (Lipinski definition) is 5. The molecule has 0 amide bonds. The number of rotatable bonds is 4. The van der Waals surface area contributed by atoms with Crippen molar-refractivity contribution in [3.63, 3.8) is 0 Å². The van der Waals surface area contributed by atoms with Crippen molar-refractivity contribution in [3.05, 3.63) is 18.3 Å². The molecule has 0 unspecified atom stereocenters. The van der Waals surface area contributed by atoms with Gasteiger partial charge in [0, 0.05) is 44.7 Å². The largest absolute Gasteiger partial charge is 0.397 e. The number of benzene rings is 1. The summed E-state index contributed by atoms with van der Waals surface area (Å²) in [5, 5.41) is 8.16. The quantitative estimate of drug-likeness (QED) is 0.816. The summed E-state index contributed by atoms with van der Waals surface area (Å²) in [6.45, 7) is 6.48. The van der Waals surface area contributed by atoms with E-state index in [0.29, 0.717) is 0 Å². The lowest BCUT2D eigenvalue weighted by atomic mass is 10.1. The van der Waals surface area contributed by atoms with Gasteiger partial charge in [-0.3, -0.25) is 10.00 Å². The van der Waals surface area contributed by atoms with E-state index in [1.54, 1.807) is 0 Å². The topological polar surface area (TPSA) is 64.4 Å². The van der Waals surface area contributed by atoms with Crippen LogP contribution in [0.15, 0.2) is 18.3 Å². The Morgan fingerprint density at radius 2 is 2.00 bits per heavy atom. The molecule has 0 radical (unpaired) electrons. The number of nitrogens with zero attached hydrogens (tertiary/aromatic N) is 4. The maximum Gasteiger partial charge on any atom is 0.0672 e. The van der Waals surface area contributed by atoms with Crippen LogP contribution >= 0.6 is 0 Å². The highest BCUT2D eigenvalue weighted by Crippen LogP contribution is 2.28. The predicted molar refractivity (Wildman–Crippen MR) is 87.7 cm³/mol. The maximum absolute atomic E-state index is 6.21. The highest BCUT2D eigenvalue weighted by molar-refractivity contribution is 5.88. The normalized spacial score (nSPS) is 17.0. The van der Waals surface area contributed by atoms with Gasteiger partial charge in [0.25, 0.3) is 0 Å². The number of piperazine rings is 1. The number of hydrogen-bond donors (Lipinski definition) is 2. The highest BCUT2D eigenvalue weighted by Gasteiger charge is 2.19. The Balaban J connectivity index is 1.66. The van der Waals surface area contributed by atoms with Crippen LogP contribution in [0, 0.1) is 0 Å². The molecule has 1 aromatic carbocycles. The van der Waals surface area contributed by atoms with Crippen LogP contribution in [-0.2, 0) is 0 Å². The number of fused-ring (bicyclic) bond motifs is 1. The molecule has 6 heteroatoms. The molecule has 21 heavy (non-hydrogen) atoms. The average molecular weight is 288 g/mol. The van der Waals surface area contributed by atoms with Gasteiger partial charge in [0.05, 0.1) is 23.1 Å². The minimum absolute atomic E-state index is 0.839.